The van der Waals surface area contributed by atoms with E-state index in [2.05, 4.69) is 12.2 Å². The first-order valence-corrected chi connectivity index (χ1v) is 7.48. The lowest BCUT2D eigenvalue weighted by atomic mass is 10.1. The second kappa shape index (κ2) is 9.34. The standard InChI is InChI=1S/C16H25FN2O/c1-2-3-4-5-6-7-8-9-16(20)19-15-11-10-13(18)12-14(15)17/h10-12H,2-9,18H2,1H3,(H,19,20). The summed E-state index contributed by atoms with van der Waals surface area (Å²) in [6.07, 6.45) is 8.57. The average molecular weight is 280 g/mol. The Hall–Kier alpha value is -1.58. The predicted octanol–water partition coefficient (Wildman–Crippen LogP) is 4.49. The molecule has 3 nitrogen and oxygen atoms in total. The molecule has 1 aromatic rings. The summed E-state index contributed by atoms with van der Waals surface area (Å²) in [4.78, 5) is 11.7. The van der Waals surface area contributed by atoms with Crippen LogP contribution in [0.3, 0.4) is 0 Å². The number of benzene rings is 1. The van der Waals surface area contributed by atoms with Gasteiger partial charge in [-0.1, -0.05) is 45.4 Å². The number of unbranched alkanes of at least 4 members (excludes halogenated alkanes) is 6. The molecule has 0 saturated carbocycles. The number of rotatable bonds is 9. The smallest absolute Gasteiger partial charge is 0.224 e. The first-order chi connectivity index (χ1) is 9.63. The summed E-state index contributed by atoms with van der Waals surface area (Å²) in [5.41, 5.74) is 6.01. The SMILES string of the molecule is CCCCCCCCCC(=O)Nc1ccc(N)cc1F. The number of carbonyl (C=O) groups is 1. The number of anilines is 2. The second-order valence-corrected chi connectivity index (χ2v) is 5.16. The van der Waals surface area contributed by atoms with Gasteiger partial charge in [0, 0.05) is 12.1 Å². The maximum absolute atomic E-state index is 13.5. The Morgan fingerprint density at radius 1 is 1.15 bits per heavy atom. The molecule has 3 N–H and O–H groups in total. The fraction of sp³-hybridized carbons (Fsp3) is 0.562. The highest BCUT2D eigenvalue weighted by Gasteiger charge is 2.06. The molecule has 0 aliphatic heterocycles. The third-order valence-electron chi connectivity index (χ3n) is 3.27. The topological polar surface area (TPSA) is 55.1 Å². The van der Waals surface area contributed by atoms with Crippen LogP contribution in [0.15, 0.2) is 18.2 Å². The molecule has 1 aromatic carbocycles. The van der Waals surface area contributed by atoms with Crippen molar-refractivity contribution in [3.63, 3.8) is 0 Å². The van der Waals surface area contributed by atoms with Crippen molar-refractivity contribution in [1.82, 2.24) is 0 Å². The average Bonchev–Trinajstić information content (AvgIpc) is 2.41. The van der Waals surface area contributed by atoms with Crippen molar-refractivity contribution >= 4 is 17.3 Å². The third kappa shape index (κ3) is 6.55. The summed E-state index contributed by atoms with van der Waals surface area (Å²) in [5, 5.41) is 2.58. The molecular formula is C16H25FN2O. The molecule has 0 spiro atoms. The number of halogens is 1. The minimum atomic E-state index is -0.488. The maximum Gasteiger partial charge on any atom is 0.224 e. The highest BCUT2D eigenvalue weighted by atomic mass is 19.1. The number of nitrogens with one attached hydrogen (secondary N) is 1. The molecule has 0 radical (unpaired) electrons. The lowest BCUT2D eigenvalue weighted by Crippen LogP contribution is -2.12. The Bertz CT molecular complexity index is 421. The molecule has 0 saturated heterocycles. The Kier molecular flexibility index (Phi) is 7.70. The summed E-state index contributed by atoms with van der Waals surface area (Å²) < 4.78 is 13.5. The van der Waals surface area contributed by atoms with Crippen molar-refractivity contribution in [1.29, 1.82) is 0 Å². The van der Waals surface area contributed by atoms with Crippen molar-refractivity contribution in [2.45, 2.75) is 58.3 Å². The van der Waals surface area contributed by atoms with Crippen LogP contribution in [0.4, 0.5) is 15.8 Å². The minimum Gasteiger partial charge on any atom is -0.399 e. The monoisotopic (exact) mass is 280 g/mol. The number of amides is 1. The van der Waals surface area contributed by atoms with Gasteiger partial charge >= 0.3 is 0 Å². The van der Waals surface area contributed by atoms with Crippen LogP contribution in [0, 0.1) is 5.82 Å². The lowest BCUT2D eigenvalue weighted by Gasteiger charge is -2.07. The summed E-state index contributed by atoms with van der Waals surface area (Å²) in [6, 6.07) is 4.28. The molecule has 1 rings (SSSR count). The summed E-state index contributed by atoms with van der Waals surface area (Å²) >= 11 is 0. The highest BCUT2D eigenvalue weighted by molar-refractivity contribution is 5.90. The Labute approximate surface area is 120 Å². The molecule has 0 aliphatic carbocycles. The van der Waals surface area contributed by atoms with Crippen LogP contribution in [0.25, 0.3) is 0 Å². The maximum atomic E-state index is 13.5. The van der Waals surface area contributed by atoms with Crippen LogP contribution >= 0.6 is 0 Å². The first kappa shape index (κ1) is 16.5. The summed E-state index contributed by atoms with van der Waals surface area (Å²) in [5.74, 6) is -0.625. The van der Waals surface area contributed by atoms with Crippen molar-refractivity contribution in [3.8, 4) is 0 Å². The number of nitrogen functional groups attached to an aromatic ring is 1. The summed E-state index contributed by atoms with van der Waals surface area (Å²) in [6.45, 7) is 2.20. The molecule has 0 unspecified atom stereocenters. The molecule has 0 aliphatic rings. The van der Waals surface area contributed by atoms with Gasteiger partial charge in [-0.2, -0.15) is 0 Å². The minimum absolute atomic E-state index is 0.137. The van der Waals surface area contributed by atoms with E-state index in [0.29, 0.717) is 12.1 Å². The van der Waals surface area contributed by atoms with Crippen LogP contribution in [0.1, 0.15) is 58.3 Å². The fourth-order valence-electron chi connectivity index (χ4n) is 2.09. The van der Waals surface area contributed by atoms with Crippen LogP contribution in [-0.4, -0.2) is 5.91 Å². The van der Waals surface area contributed by atoms with Crippen molar-refractivity contribution in [3.05, 3.63) is 24.0 Å². The zero-order chi connectivity index (χ0) is 14.8. The van der Waals surface area contributed by atoms with Crippen molar-refractivity contribution in [2.75, 3.05) is 11.1 Å². The Balaban J connectivity index is 2.17. The van der Waals surface area contributed by atoms with E-state index in [1.807, 2.05) is 0 Å². The predicted molar refractivity (Wildman–Crippen MR) is 82.1 cm³/mol. The number of hydrogen-bond acceptors (Lipinski definition) is 2. The number of hydrogen-bond donors (Lipinski definition) is 2. The molecule has 0 aromatic heterocycles. The Morgan fingerprint density at radius 3 is 2.45 bits per heavy atom. The Morgan fingerprint density at radius 2 is 1.80 bits per heavy atom. The van der Waals surface area contributed by atoms with E-state index in [0.717, 1.165) is 12.8 Å². The zero-order valence-corrected chi connectivity index (χ0v) is 12.3. The van der Waals surface area contributed by atoms with Gasteiger partial charge in [-0.25, -0.2) is 4.39 Å². The van der Waals surface area contributed by atoms with E-state index in [1.165, 1.54) is 44.2 Å². The first-order valence-electron chi connectivity index (χ1n) is 7.48. The van der Waals surface area contributed by atoms with Gasteiger partial charge in [0.1, 0.15) is 5.82 Å². The normalized spacial score (nSPS) is 10.5. The quantitative estimate of drug-likeness (QED) is 0.517. The van der Waals surface area contributed by atoms with Gasteiger partial charge in [-0.05, 0) is 24.6 Å². The van der Waals surface area contributed by atoms with Gasteiger partial charge in [-0.15, -0.1) is 0 Å². The molecule has 112 valence electrons. The lowest BCUT2D eigenvalue weighted by molar-refractivity contribution is -0.116. The number of nitrogens with two attached hydrogens (primary N) is 1. The van der Waals surface area contributed by atoms with Crippen molar-refractivity contribution < 1.29 is 9.18 Å². The summed E-state index contributed by atoms with van der Waals surface area (Å²) in [7, 11) is 0. The van der Waals surface area contributed by atoms with Crippen LogP contribution in [0.5, 0.6) is 0 Å². The zero-order valence-electron chi connectivity index (χ0n) is 12.3. The number of carbonyl (C=O) groups excluding carboxylic acids is 1. The van der Waals surface area contributed by atoms with E-state index in [-0.39, 0.29) is 11.6 Å². The van der Waals surface area contributed by atoms with Gasteiger partial charge < -0.3 is 11.1 Å². The van der Waals surface area contributed by atoms with E-state index < -0.39 is 5.82 Å². The van der Waals surface area contributed by atoms with Gasteiger partial charge in [0.25, 0.3) is 0 Å². The van der Waals surface area contributed by atoms with E-state index in [1.54, 1.807) is 6.07 Å². The molecule has 0 fully saturated rings. The fourth-order valence-corrected chi connectivity index (χ4v) is 2.09. The highest BCUT2D eigenvalue weighted by Crippen LogP contribution is 2.17. The van der Waals surface area contributed by atoms with E-state index in [4.69, 9.17) is 5.73 Å². The largest absolute Gasteiger partial charge is 0.399 e. The molecule has 0 atom stereocenters. The van der Waals surface area contributed by atoms with E-state index in [9.17, 15) is 9.18 Å². The van der Waals surface area contributed by atoms with E-state index >= 15 is 0 Å². The van der Waals surface area contributed by atoms with Gasteiger partial charge in [0.2, 0.25) is 5.91 Å². The van der Waals surface area contributed by atoms with Crippen LogP contribution in [-0.2, 0) is 4.79 Å². The second-order valence-electron chi connectivity index (χ2n) is 5.16. The van der Waals surface area contributed by atoms with Gasteiger partial charge in [0.15, 0.2) is 0 Å². The van der Waals surface area contributed by atoms with Gasteiger partial charge in [-0.3, -0.25) is 4.79 Å². The molecular weight excluding hydrogens is 255 g/mol. The molecule has 1 amide bonds. The molecule has 20 heavy (non-hydrogen) atoms. The molecule has 0 heterocycles. The van der Waals surface area contributed by atoms with Gasteiger partial charge in [0.05, 0.1) is 5.69 Å². The van der Waals surface area contributed by atoms with Crippen LogP contribution < -0.4 is 11.1 Å². The molecule has 4 heteroatoms. The molecule has 0 bridgehead atoms. The van der Waals surface area contributed by atoms with Crippen molar-refractivity contribution in [2.24, 2.45) is 0 Å². The third-order valence-corrected chi connectivity index (χ3v) is 3.27. The van der Waals surface area contributed by atoms with Crippen LogP contribution in [0.2, 0.25) is 0 Å².